The topological polar surface area (TPSA) is 123 Å². The average molecular weight is 466 g/mol. The molecule has 0 unspecified atom stereocenters. The monoisotopic (exact) mass is 465 g/mol. The van der Waals surface area contributed by atoms with Crippen molar-refractivity contribution in [2.24, 2.45) is 0 Å². The van der Waals surface area contributed by atoms with Gasteiger partial charge in [0.25, 0.3) is 0 Å². The van der Waals surface area contributed by atoms with Crippen LogP contribution in [-0.2, 0) is 22.6 Å². The van der Waals surface area contributed by atoms with Crippen LogP contribution in [0.15, 0.2) is 30.3 Å². The number of benzene rings is 1. The quantitative estimate of drug-likeness (QED) is 0.432. The Morgan fingerprint density at radius 3 is 2.91 bits per heavy atom. The molecule has 11 nitrogen and oxygen atoms in total. The summed E-state index contributed by atoms with van der Waals surface area (Å²) in [5, 5.41) is 19.1. The standard InChI is InChI=1S/C23H27N7O4/c31-22(25-14-16-4-5-17-18(13-16)34-15-33-17)9-8-21-27-26-20-7-6-19(28-30(20)21)24-10-2-12-29-11-1-3-23(29)32/h4-7,13H,1-3,8-12,14-15H2,(H,24,28)(H,25,31). The maximum Gasteiger partial charge on any atom is 0.231 e. The SMILES string of the molecule is O=C(CCc1nnc2ccc(NCCCN3CCCC3=O)nn12)NCc1ccc2c(c1)OCO2. The van der Waals surface area contributed by atoms with E-state index in [1.807, 2.05) is 35.2 Å². The van der Waals surface area contributed by atoms with E-state index >= 15 is 0 Å². The van der Waals surface area contributed by atoms with Crippen LogP contribution in [0.3, 0.4) is 0 Å². The molecule has 4 heterocycles. The first-order valence-electron chi connectivity index (χ1n) is 11.5. The molecule has 1 aromatic carbocycles. The highest BCUT2D eigenvalue weighted by Gasteiger charge is 2.19. The summed E-state index contributed by atoms with van der Waals surface area (Å²) in [6.45, 7) is 2.96. The third-order valence-electron chi connectivity index (χ3n) is 5.91. The van der Waals surface area contributed by atoms with Gasteiger partial charge in [-0.3, -0.25) is 9.59 Å². The number of hydrogen-bond donors (Lipinski definition) is 2. The van der Waals surface area contributed by atoms with E-state index in [-0.39, 0.29) is 25.0 Å². The van der Waals surface area contributed by atoms with E-state index in [0.29, 0.717) is 49.0 Å². The maximum atomic E-state index is 12.4. The number of amides is 2. The van der Waals surface area contributed by atoms with Gasteiger partial charge in [-0.25, -0.2) is 0 Å². The van der Waals surface area contributed by atoms with Gasteiger partial charge in [0.05, 0.1) is 0 Å². The van der Waals surface area contributed by atoms with Crippen LogP contribution >= 0.6 is 0 Å². The summed E-state index contributed by atoms with van der Waals surface area (Å²) in [4.78, 5) is 26.0. The molecule has 2 aliphatic heterocycles. The minimum atomic E-state index is -0.0832. The van der Waals surface area contributed by atoms with Gasteiger partial charge in [-0.1, -0.05) is 6.07 Å². The number of nitrogens with one attached hydrogen (secondary N) is 2. The number of anilines is 1. The molecule has 3 aromatic rings. The highest BCUT2D eigenvalue weighted by Crippen LogP contribution is 2.32. The van der Waals surface area contributed by atoms with Crippen molar-refractivity contribution in [1.82, 2.24) is 30.0 Å². The Morgan fingerprint density at radius 2 is 2.03 bits per heavy atom. The Bertz CT molecular complexity index is 1200. The Kier molecular flexibility index (Phi) is 6.41. The summed E-state index contributed by atoms with van der Waals surface area (Å²) < 4.78 is 12.3. The molecule has 0 saturated carbocycles. The van der Waals surface area contributed by atoms with Crippen LogP contribution in [0.25, 0.3) is 5.65 Å². The molecule has 178 valence electrons. The second-order valence-corrected chi connectivity index (χ2v) is 8.33. The fourth-order valence-corrected chi connectivity index (χ4v) is 4.08. The summed E-state index contributed by atoms with van der Waals surface area (Å²) in [7, 11) is 0. The molecule has 2 amide bonds. The van der Waals surface area contributed by atoms with Crippen LogP contribution in [0.1, 0.15) is 37.1 Å². The Morgan fingerprint density at radius 1 is 1.12 bits per heavy atom. The van der Waals surface area contributed by atoms with E-state index in [0.717, 1.165) is 37.2 Å². The number of ether oxygens (including phenoxy) is 2. The molecule has 2 N–H and O–H groups in total. The molecule has 34 heavy (non-hydrogen) atoms. The molecule has 11 heteroatoms. The molecular formula is C23H27N7O4. The van der Waals surface area contributed by atoms with Gasteiger partial charge >= 0.3 is 0 Å². The smallest absolute Gasteiger partial charge is 0.231 e. The van der Waals surface area contributed by atoms with Crippen LogP contribution in [0.4, 0.5) is 5.82 Å². The van der Waals surface area contributed by atoms with Gasteiger partial charge in [0.2, 0.25) is 18.6 Å². The molecular weight excluding hydrogens is 438 g/mol. The minimum Gasteiger partial charge on any atom is -0.454 e. The van der Waals surface area contributed by atoms with Gasteiger partial charge in [0.1, 0.15) is 5.82 Å². The number of aromatic nitrogens is 4. The number of likely N-dealkylation sites (tertiary alicyclic amines) is 1. The predicted molar refractivity (Wildman–Crippen MR) is 122 cm³/mol. The van der Waals surface area contributed by atoms with Crippen LogP contribution < -0.4 is 20.1 Å². The van der Waals surface area contributed by atoms with Gasteiger partial charge < -0.3 is 25.0 Å². The predicted octanol–water partition coefficient (Wildman–Crippen LogP) is 1.53. The average Bonchev–Trinajstić information content (AvgIpc) is 3.58. The Hall–Kier alpha value is -3.89. The number of carbonyl (C=O) groups is 2. The number of nitrogens with zero attached hydrogens (tertiary/aromatic N) is 5. The van der Waals surface area contributed by atoms with Crippen molar-refractivity contribution >= 4 is 23.3 Å². The fraction of sp³-hybridized carbons (Fsp3) is 0.435. The van der Waals surface area contributed by atoms with Gasteiger partial charge in [0, 0.05) is 45.4 Å². The van der Waals surface area contributed by atoms with Crippen molar-refractivity contribution in [3.8, 4) is 11.5 Å². The summed E-state index contributed by atoms with van der Waals surface area (Å²) in [5.74, 6) is 2.90. The largest absolute Gasteiger partial charge is 0.454 e. The van der Waals surface area contributed by atoms with Gasteiger partial charge in [0.15, 0.2) is 23.0 Å². The number of aryl methyl sites for hydroxylation is 1. The van der Waals surface area contributed by atoms with Gasteiger partial charge in [-0.2, -0.15) is 4.52 Å². The normalized spacial score (nSPS) is 14.7. The Labute approximate surface area is 196 Å². The van der Waals surface area contributed by atoms with Crippen LogP contribution in [0.5, 0.6) is 11.5 Å². The zero-order valence-electron chi connectivity index (χ0n) is 18.8. The van der Waals surface area contributed by atoms with Crippen LogP contribution in [0.2, 0.25) is 0 Å². The van der Waals surface area contributed by atoms with Crippen molar-refractivity contribution < 1.29 is 19.1 Å². The second kappa shape index (κ2) is 9.94. The molecule has 1 saturated heterocycles. The zero-order chi connectivity index (χ0) is 23.3. The third-order valence-corrected chi connectivity index (χ3v) is 5.91. The van der Waals surface area contributed by atoms with E-state index < -0.39 is 0 Å². The number of hydrogen-bond acceptors (Lipinski definition) is 8. The molecule has 0 radical (unpaired) electrons. The summed E-state index contributed by atoms with van der Waals surface area (Å²) in [6, 6.07) is 9.31. The van der Waals surface area contributed by atoms with Crippen molar-refractivity contribution in [3.05, 3.63) is 41.7 Å². The van der Waals surface area contributed by atoms with E-state index in [9.17, 15) is 9.59 Å². The first kappa shape index (κ1) is 21.9. The van der Waals surface area contributed by atoms with E-state index in [1.54, 1.807) is 4.52 Å². The van der Waals surface area contributed by atoms with E-state index in [1.165, 1.54) is 0 Å². The molecule has 2 aromatic heterocycles. The molecule has 2 aliphatic rings. The van der Waals surface area contributed by atoms with Crippen molar-refractivity contribution in [2.45, 2.75) is 38.6 Å². The first-order valence-corrected chi connectivity index (χ1v) is 11.5. The highest BCUT2D eigenvalue weighted by molar-refractivity contribution is 5.78. The lowest BCUT2D eigenvalue weighted by Crippen LogP contribution is -2.27. The summed E-state index contributed by atoms with van der Waals surface area (Å²) >= 11 is 0. The minimum absolute atomic E-state index is 0.0832. The second-order valence-electron chi connectivity index (χ2n) is 8.33. The van der Waals surface area contributed by atoms with E-state index in [4.69, 9.17) is 9.47 Å². The van der Waals surface area contributed by atoms with E-state index in [2.05, 4.69) is 25.9 Å². The van der Waals surface area contributed by atoms with Crippen LogP contribution in [0, 0.1) is 0 Å². The molecule has 5 rings (SSSR count). The molecule has 1 fully saturated rings. The fourth-order valence-electron chi connectivity index (χ4n) is 4.08. The maximum absolute atomic E-state index is 12.4. The van der Waals surface area contributed by atoms with Crippen molar-refractivity contribution in [3.63, 3.8) is 0 Å². The third kappa shape index (κ3) is 5.03. The first-order chi connectivity index (χ1) is 16.7. The van der Waals surface area contributed by atoms with Gasteiger partial charge in [-0.05, 0) is 42.7 Å². The lowest BCUT2D eigenvalue weighted by molar-refractivity contribution is -0.127. The van der Waals surface area contributed by atoms with Crippen molar-refractivity contribution in [1.29, 1.82) is 0 Å². The number of rotatable bonds is 10. The lowest BCUT2D eigenvalue weighted by Gasteiger charge is -2.15. The zero-order valence-corrected chi connectivity index (χ0v) is 18.8. The molecule has 0 aliphatic carbocycles. The lowest BCUT2D eigenvalue weighted by atomic mass is 10.2. The molecule has 0 spiro atoms. The number of fused-ring (bicyclic) bond motifs is 2. The summed E-state index contributed by atoms with van der Waals surface area (Å²) in [5.41, 5.74) is 1.57. The highest BCUT2D eigenvalue weighted by atomic mass is 16.7. The van der Waals surface area contributed by atoms with Gasteiger partial charge in [-0.15, -0.1) is 15.3 Å². The number of carbonyl (C=O) groups excluding carboxylic acids is 2. The molecule has 0 bridgehead atoms. The van der Waals surface area contributed by atoms with Crippen LogP contribution in [-0.4, -0.2) is 63.0 Å². The Balaban J connectivity index is 1.10. The van der Waals surface area contributed by atoms with Crippen molar-refractivity contribution in [2.75, 3.05) is 31.7 Å². The molecule has 0 atom stereocenters. The summed E-state index contributed by atoms with van der Waals surface area (Å²) in [6.07, 6.45) is 3.16.